The molecule has 226 valence electrons. The zero-order valence-corrected chi connectivity index (χ0v) is 24.1. The van der Waals surface area contributed by atoms with Gasteiger partial charge in [0.25, 0.3) is 0 Å². The molecule has 11 heteroatoms. The molecule has 5 rings (SSSR count). The quantitative estimate of drug-likeness (QED) is 0.0789. The molecule has 0 aliphatic heterocycles. The van der Waals surface area contributed by atoms with Gasteiger partial charge in [0.05, 0.1) is 33.9 Å². The van der Waals surface area contributed by atoms with Crippen LogP contribution < -0.4 is 14.4 Å². The van der Waals surface area contributed by atoms with E-state index < -0.39 is 15.8 Å². The van der Waals surface area contributed by atoms with Gasteiger partial charge in [0.15, 0.2) is 11.5 Å². The summed E-state index contributed by atoms with van der Waals surface area (Å²) in [6, 6.07) is 33.8. The molecule has 0 atom stereocenters. The molecule has 0 unspecified atom stereocenters. The van der Waals surface area contributed by atoms with E-state index in [0.717, 1.165) is 11.1 Å². The molecule has 5 aromatic carbocycles. The van der Waals surface area contributed by atoms with Crippen molar-refractivity contribution in [1.82, 2.24) is 0 Å². The second-order valence-corrected chi connectivity index (χ2v) is 9.74. The Kier molecular flexibility index (Phi) is 9.29. The lowest BCUT2D eigenvalue weighted by molar-refractivity contribution is -0.386. The largest absolute Gasteiger partial charge is 0.482 e. The van der Waals surface area contributed by atoms with Gasteiger partial charge in [0.1, 0.15) is 13.2 Å². The standard InChI is InChI=1S/C34H27N3O8/c1-43-34(38)26-12-14-27(15-13-26)35(28-16-18-30(36(39)40)32(20-28)44-22-24-8-4-2-5-9-24)29-17-19-31(37(41)42)33(21-29)45-23-25-10-6-3-7-11-25/h2-21H,22-23H2,1H3. The molecule has 0 spiro atoms. The molecule has 11 nitrogen and oxygen atoms in total. The average molecular weight is 606 g/mol. The normalized spacial score (nSPS) is 10.5. The van der Waals surface area contributed by atoms with Crippen molar-refractivity contribution in [3.05, 3.63) is 158 Å². The van der Waals surface area contributed by atoms with Crippen LogP contribution in [0.15, 0.2) is 121 Å². The first-order valence-electron chi connectivity index (χ1n) is 13.7. The Hall–Kier alpha value is -6.23. The monoisotopic (exact) mass is 605 g/mol. The van der Waals surface area contributed by atoms with Gasteiger partial charge in [-0.3, -0.25) is 20.2 Å². The minimum atomic E-state index is -0.527. The molecule has 0 bridgehead atoms. The second kappa shape index (κ2) is 13.8. The number of nitro benzene ring substituents is 2. The first kappa shape index (κ1) is 30.2. The molecular formula is C34H27N3O8. The van der Waals surface area contributed by atoms with Gasteiger partial charge in [0, 0.05) is 30.0 Å². The van der Waals surface area contributed by atoms with Crippen LogP contribution in [-0.2, 0) is 18.0 Å². The Labute approximate surface area is 258 Å². The van der Waals surface area contributed by atoms with Crippen molar-refractivity contribution < 1.29 is 28.9 Å². The maximum atomic E-state index is 12.1. The summed E-state index contributed by atoms with van der Waals surface area (Å²) in [5.41, 5.74) is 2.96. The molecule has 0 saturated heterocycles. The van der Waals surface area contributed by atoms with E-state index in [1.807, 2.05) is 60.7 Å². The first-order chi connectivity index (χ1) is 21.8. The molecule has 0 aromatic heterocycles. The number of hydrogen-bond donors (Lipinski definition) is 0. The number of carbonyl (C=O) groups excluding carboxylic acids is 1. The summed E-state index contributed by atoms with van der Waals surface area (Å²) in [7, 11) is 1.28. The molecule has 0 heterocycles. The number of nitro groups is 2. The lowest BCUT2D eigenvalue weighted by Crippen LogP contribution is -2.12. The number of anilines is 3. The molecule has 0 aliphatic carbocycles. The lowest BCUT2D eigenvalue weighted by atomic mass is 10.1. The minimum Gasteiger partial charge on any atom is -0.482 e. The van der Waals surface area contributed by atoms with E-state index in [0.29, 0.717) is 22.6 Å². The number of methoxy groups -OCH3 is 1. The lowest BCUT2D eigenvalue weighted by Gasteiger charge is -2.26. The van der Waals surface area contributed by atoms with E-state index in [1.54, 1.807) is 41.3 Å². The predicted octanol–water partition coefficient (Wildman–Crippen LogP) is 7.92. The van der Waals surface area contributed by atoms with E-state index in [9.17, 15) is 25.0 Å². The molecule has 0 fully saturated rings. The topological polar surface area (TPSA) is 134 Å². The van der Waals surface area contributed by atoms with Crippen molar-refractivity contribution in [1.29, 1.82) is 0 Å². The number of benzene rings is 5. The van der Waals surface area contributed by atoms with Gasteiger partial charge in [-0.25, -0.2) is 4.79 Å². The van der Waals surface area contributed by atoms with Crippen LogP contribution in [0.2, 0.25) is 0 Å². The fraction of sp³-hybridized carbons (Fsp3) is 0.0882. The second-order valence-electron chi connectivity index (χ2n) is 9.74. The molecule has 0 radical (unpaired) electrons. The van der Waals surface area contributed by atoms with Crippen LogP contribution in [0.5, 0.6) is 11.5 Å². The number of esters is 1. The van der Waals surface area contributed by atoms with Crippen molar-refractivity contribution in [2.24, 2.45) is 0 Å². The summed E-state index contributed by atoms with van der Waals surface area (Å²) < 4.78 is 16.7. The average Bonchev–Trinajstić information content (AvgIpc) is 3.07. The third kappa shape index (κ3) is 7.23. The number of ether oxygens (including phenoxy) is 3. The maximum absolute atomic E-state index is 12.1. The highest BCUT2D eigenvalue weighted by Crippen LogP contribution is 2.42. The number of carbonyl (C=O) groups is 1. The highest BCUT2D eigenvalue weighted by molar-refractivity contribution is 5.90. The highest BCUT2D eigenvalue weighted by atomic mass is 16.6. The van der Waals surface area contributed by atoms with Crippen LogP contribution >= 0.6 is 0 Å². The third-order valence-electron chi connectivity index (χ3n) is 6.82. The smallest absolute Gasteiger partial charge is 0.337 e. The van der Waals surface area contributed by atoms with Crippen molar-refractivity contribution in [2.75, 3.05) is 12.0 Å². The van der Waals surface area contributed by atoms with Crippen LogP contribution in [0.1, 0.15) is 21.5 Å². The maximum Gasteiger partial charge on any atom is 0.337 e. The van der Waals surface area contributed by atoms with Crippen LogP contribution in [0.3, 0.4) is 0 Å². The van der Waals surface area contributed by atoms with Crippen molar-refractivity contribution in [3.8, 4) is 11.5 Å². The van der Waals surface area contributed by atoms with Gasteiger partial charge < -0.3 is 19.1 Å². The molecule has 0 N–H and O–H groups in total. The summed E-state index contributed by atoms with van der Waals surface area (Å²) in [5, 5.41) is 23.8. The van der Waals surface area contributed by atoms with E-state index in [4.69, 9.17) is 14.2 Å². The van der Waals surface area contributed by atoms with Crippen molar-refractivity contribution in [3.63, 3.8) is 0 Å². The minimum absolute atomic E-state index is 0.0278. The van der Waals surface area contributed by atoms with Gasteiger partial charge >= 0.3 is 17.3 Å². The zero-order valence-electron chi connectivity index (χ0n) is 24.1. The van der Waals surface area contributed by atoms with Gasteiger partial charge in [-0.15, -0.1) is 0 Å². The Balaban J connectivity index is 1.60. The Bertz CT molecular complexity index is 1710. The molecular weight excluding hydrogens is 578 g/mol. The van der Waals surface area contributed by atoms with Crippen LogP contribution in [0.25, 0.3) is 0 Å². The first-order valence-corrected chi connectivity index (χ1v) is 13.7. The molecule has 5 aromatic rings. The number of rotatable bonds is 12. The summed E-state index contributed by atoms with van der Waals surface area (Å²) >= 11 is 0. The molecule has 0 amide bonds. The molecule has 45 heavy (non-hydrogen) atoms. The van der Waals surface area contributed by atoms with Crippen LogP contribution in [0, 0.1) is 20.2 Å². The fourth-order valence-corrected chi connectivity index (χ4v) is 4.60. The SMILES string of the molecule is COC(=O)c1ccc(N(c2ccc([N+](=O)[O-])c(OCc3ccccc3)c2)c2ccc([N+](=O)[O-])c(OCc3ccccc3)c2)cc1. The highest BCUT2D eigenvalue weighted by Gasteiger charge is 2.23. The summed E-state index contributed by atoms with van der Waals surface area (Å²) in [4.78, 5) is 36.6. The molecule has 0 aliphatic rings. The van der Waals surface area contributed by atoms with E-state index in [2.05, 4.69) is 0 Å². The number of nitrogens with zero attached hydrogens (tertiary/aromatic N) is 3. The van der Waals surface area contributed by atoms with Gasteiger partial charge in [-0.2, -0.15) is 0 Å². The molecule has 0 saturated carbocycles. The van der Waals surface area contributed by atoms with Crippen molar-refractivity contribution >= 4 is 34.4 Å². The summed E-state index contributed by atoms with van der Waals surface area (Å²) in [5.74, 6) is -0.466. The Morgan fingerprint density at radius 2 is 1.04 bits per heavy atom. The van der Waals surface area contributed by atoms with E-state index in [-0.39, 0.29) is 36.1 Å². The van der Waals surface area contributed by atoms with Crippen molar-refractivity contribution in [2.45, 2.75) is 13.2 Å². The van der Waals surface area contributed by atoms with E-state index in [1.165, 1.54) is 31.4 Å². The fourth-order valence-electron chi connectivity index (χ4n) is 4.60. The van der Waals surface area contributed by atoms with Gasteiger partial charge in [-0.05, 0) is 47.5 Å². The Morgan fingerprint density at radius 1 is 0.622 bits per heavy atom. The van der Waals surface area contributed by atoms with E-state index >= 15 is 0 Å². The van der Waals surface area contributed by atoms with Crippen LogP contribution in [0.4, 0.5) is 28.4 Å². The zero-order chi connectivity index (χ0) is 31.8. The van der Waals surface area contributed by atoms with Gasteiger partial charge in [-0.1, -0.05) is 60.7 Å². The van der Waals surface area contributed by atoms with Crippen LogP contribution in [-0.4, -0.2) is 22.9 Å². The third-order valence-corrected chi connectivity index (χ3v) is 6.82. The summed E-state index contributed by atoms with van der Waals surface area (Å²) in [6.45, 7) is 0.182. The predicted molar refractivity (Wildman–Crippen MR) is 167 cm³/mol. The number of hydrogen-bond acceptors (Lipinski definition) is 9. The Morgan fingerprint density at radius 3 is 1.44 bits per heavy atom. The van der Waals surface area contributed by atoms with Gasteiger partial charge in [0.2, 0.25) is 0 Å². The summed E-state index contributed by atoms with van der Waals surface area (Å²) in [6.07, 6.45) is 0.